The van der Waals surface area contributed by atoms with E-state index in [0.29, 0.717) is 30.6 Å². The van der Waals surface area contributed by atoms with E-state index < -0.39 is 0 Å². The van der Waals surface area contributed by atoms with Crippen molar-refractivity contribution in [2.75, 3.05) is 11.1 Å². The summed E-state index contributed by atoms with van der Waals surface area (Å²) in [5.74, 6) is 1.31. The maximum absolute atomic E-state index is 12.2. The SMILES string of the molecule is CC(C)Cn1ccnc(NCc2cnn(C)c2N)c1=O. The Morgan fingerprint density at radius 1 is 1.45 bits per heavy atom. The molecule has 0 spiro atoms. The molecule has 0 unspecified atom stereocenters. The molecule has 7 nitrogen and oxygen atoms in total. The van der Waals surface area contributed by atoms with Crippen LogP contribution in [0.1, 0.15) is 19.4 Å². The van der Waals surface area contributed by atoms with Crippen LogP contribution in [0.5, 0.6) is 0 Å². The molecule has 7 heteroatoms. The summed E-state index contributed by atoms with van der Waals surface area (Å²) < 4.78 is 3.25. The monoisotopic (exact) mass is 276 g/mol. The summed E-state index contributed by atoms with van der Waals surface area (Å²) >= 11 is 0. The summed E-state index contributed by atoms with van der Waals surface area (Å²) in [5, 5.41) is 7.07. The highest BCUT2D eigenvalue weighted by atomic mass is 16.1. The number of nitrogens with zero attached hydrogens (tertiary/aromatic N) is 4. The van der Waals surface area contributed by atoms with Gasteiger partial charge in [0, 0.05) is 38.1 Å². The summed E-state index contributed by atoms with van der Waals surface area (Å²) in [6.45, 7) is 5.23. The van der Waals surface area contributed by atoms with Crippen molar-refractivity contribution in [3.05, 3.63) is 34.5 Å². The van der Waals surface area contributed by atoms with E-state index in [4.69, 9.17) is 5.73 Å². The van der Waals surface area contributed by atoms with Gasteiger partial charge in [0.25, 0.3) is 5.56 Å². The molecule has 2 aromatic rings. The molecule has 3 N–H and O–H groups in total. The van der Waals surface area contributed by atoms with E-state index in [1.807, 2.05) is 0 Å². The molecule has 0 aromatic carbocycles. The second-order valence-electron chi connectivity index (χ2n) is 5.16. The fourth-order valence-corrected chi connectivity index (χ4v) is 1.91. The summed E-state index contributed by atoms with van der Waals surface area (Å²) in [4.78, 5) is 16.3. The van der Waals surface area contributed by atoms with Crippen molar-refractivity contribution in [2.45, 2.75) is 26.9 Å². The van der Waals surface area contributed by atoms with Gasteiger partial charge in [0.15, 0.2) is 5.82 Å². The van der Waals surface area contributed by atoms with Crippen LogP contribution in [0, 0.1) is 5.92 Å². The van der Waals surface area contributed by atoms with Gasteiger partial charge in [-0.2, -0.15) is 5.10 Å². The number of aromatic nitrogens is 4. The van der Waals surface area contributed by atoms with Gasteiger partial charge in [-0.25, -0.2) is 4.98 Å². The van der Waals surface area contributed by atoms with Crippen LogP contribution in [-0.4, -0.2) is 19.3 Å². The highest BCUT2D eigenvalue weighted by Gasteiger charge is 2.08. The highest BCUT2D eigenvalue weighted by molar-refractivity contribution is 5.42. The van der Waals surface area contributed by atoms with Crippen LogP contribution in [0.15, 0.2) is 23.4 Å². The van der Waals surface area contributed by atoms with E-state index in [9.17, 15) is 4.79 Å². The normalized spacial score (nSPS) is 11.0. The third-order valence-corrected chi connectivity index (χ3v) is 2.99. The molecule has 0 radical (unpaired) electrons. The third-order valence-electron chi connectivity index (χ3n) is 2.99. The van der Waals surface area contributed by atoms with Crippen LogP contribution in [0.25, 0.3) is 0 Å². The molecule has 2 rings (SSSR count). The standard InChI is InChI=1S/C13H20N6O/c1-9(2)8-19-5-4-15-12(13(19)20)16-6-10-7-17-18(3)11(10)14/h4-5,7,9H,6,8,14H2,1-3H3,(H,15,16). The minimum absolute atomic E-state index is 0.122. The molecule has 0 fully saturated rings. The molecular formula is C13H20N6O. The zero-order valence-corrected chi connectivity index (χ0v) is 12.0. The van der Waals surface area contributed by atoms with Crippen molar-refractivity contribution in [3.8, 4) is 0 Å². The molecule has 0 atom stereocenters. The van der Waals surface area contributed by atoms with Crippen molar-refractivity contribution >= 4 is 11.6 Å². The minimum Gasteiger partial charge on any atom is -0.384 e. The summed E-state index contributed by atoms with van der Waals surface area (Å²) in [6, 6.07) is 0. The molecule has 0 aliphatic rings. The first-order chi connectivity index (χ1) is 9.49. The second-order valence-corrected chi connectivity index (χ2v) is 5.16. The molecule has 0 saturated carbocycles. The number of aryl methyl sites for hydroxylation is 1. The zero-order chi connectivity index (χ0) is 14.7. The first-order valence-electron chi connectivity index (χ1n) is 6.54. The summed E-state index contributed by atoms with van der Waals surface area (Å²) in [5.41, 5.74) is 6.58. The lowest BCUT2D eigenvalue weighted by atomic mass is 10.2. The average Bonchev–Trinajstić information content (AvgIpc) is 2.71. The van der Waals surface area contributed by atoms with E-state index in [2.05, 4.69) is 29.2 Å². The van der Waals surface area contributed by atoms with Crippen molar-refractivity contribution in [3.63, 3.8) is 0 Å². The quantitative estimate of drug-likeness (QED) is 0.844. The van der Waals surface area contributed by atoms with Crippen LogP contribution in [0.4, 0.5) is 11.6 Å². The smallest absolute Gasteiger partial charge is 0.293 e. The Balaban J connectivity index is 2.14. The van der Waals surface area contributed by atoms with E-state index in [0.717, 1.165) is 5.56 Å². The van der Waals surface area contributed by atoms with Gasteiger partial charge in [-0.05, 0) is 5.92 Å². The van der Waals surface area contributed by atoms with Crippen molar-refractivity contribution in [1.82, 2.24) is 19.3 Å². The minimum atomic E-state index is -0.122. The van der Waals surface area contributed by atoms with E-state index in [1.54, 1.807) is 34.9 Å². The van der Waals surface area contributed by atoms with Crippen LogP contribution in [0.3, 0.4) is 0 Å². The van der Waals surface area contributed by atoms with Crippen molar-refractivity contribution in [1.29, 1.82) is 0 Å². The fourth-order valence-electron chi connectivity index (χ4n) is 1.91. The Hall–Kier alpha value is -2.31. The molecule has 108 valence electrons. The number of hydrogen-bond acceptors (Lipinski definition) is 5. The lowest BCUT2D eigenvalue weighted by Crippen LogP contribution is -2.25. The van der Waals surface area contributed by atoms with E-state index >= 15 is 0 Å². The Morgan fingerprint density at radius 2 is 2.20 bits per heavy atom. The van der Waals surface area contributed by atoms with Crippen LogP contribution >= 0.6 is 0 Å². The Kier molecular flexibility index (Phi) is 4.07. The molecule has 0 amide bonds. The lowest BCUT2D eigenvalue weighted by Gasteiger charge is -2.10. The third kappa shape index (κ3) is 2.98. The van der Waals surface area contributed by atoms with Gasteiger partial charge in [0.2, 0.25) is 0 Å². The van der Waals surface area contributed by atoms with Crippen molar-refractivity contribution in [2.24, 2.45) is 13.0 Å². The molecule has 2 heterocycles. The van der Waals surface area contributed by atoms with Gasteiger partial charge >= 0.3 is 0 Å². The fraction of sp³-hybridized carbons (Fsp3) is 0.462. The molecule has 2 aromatic heterocycles. The summed E-state index contributed by atoms with van der Waals surface area (Å²) in [7, 11) is 1.77. The number of nitrogens with two attached hydrogens (primary N) is 1. The Labute approximate surface area is 117 Å². The second kappa shape index (κ2) is 5.77. The maximum atomic E-state index is 12.2. The van der Waals surface area contributed by atoms with Gasteiger partial charge in [-0.1, -0.05) is 13.8 Å². The molecule has 0 saturated heterocycles. The molecule has 0 aliphatic carbocycles. The number of anilines is 2. The number of hydrogen-bond donors (Lipinski definition) is 2. The summed E-state index contributed by atoms with van der Waals surface area (Å²) in [6.07, 6.45) is 5.00. The first kappa shape index (κ1) is 14.1. The highest BCUT2D eigenvalue weighted by Crippen LogP contribution is 2.10. The van der Waals surface area contributed by atoms with Crippen molar-refractivity contribution < 1.29 is 0 Å². The predicted octanol–water partition coefficient (Wildman–Crippen LogP) is 0.827. The van der Waals surface area contributed by atoms with E-state index in [-0.39, 0.29) is 5.56 Å². The molecular weight excluding hydrogens is 256 g/mol. The topological polar surface area (TPSA) is 90.8 Å². The van der Waals surface area contributed by atoms with Crippen LogP contribution in [-0.2, 0) is 20.1 Å². The van der Waals surface area contributed by atoms with Crippen LogP contribution in [0.2, 0.25) is 0 Å². The van der Waals surface area contributed by atoms with Gasteiger partial charge in [-0.3, -0.25) is 9.48 Å². The Bertz CT molecular complexity index is 643. The first-order valence-corrected chi connectivity index (χ1v) is 6.54. The zero-order valence-electron chi connectivity index (χ0n) is 12.0. The largest absolute Gasteiger partial charge is 0.384 e. The molecule has 0 aliphatic heterocycles. The van der Waals surface area contributed by atoms with Gasteiger partial charge < -0.3 is 15.6 Å². The predicted molar refractivity (Wildman–Crippen MR) is 78.3 cm³/mol. The maximum Gasteiger partial charge on any atom is 0.293 e. The van der Waals surface area contributed by atoms with Crippen LogP contribution < -0.4 is 16.6 Å². The van der Waals surface area contributed by atoms with Gasteiger partial charge in [0.05, 0.1) is 6.20 Å². The Morgan fingerprint density at radius 3 is 2.80 bits per heavy atom. The van der Waals surface area contributed by atoms with Gasteiger partial charge in [-0.15, -0.1) is 0 Å². The van der Waals surface area contributed by atoms with Gasteiger partial charge in [0.1, 0.15) is 5.82 Å². The number of nitrogen functional groups attached to an aromatic ring is 1. The lowest BCUT2D eigenvalue weighted by molar-refractivity contribution is 0.509. The molecule has 20 heavy (non-hydrogen) atoms. The number of nitrogens with one attached hydrogen (secondary N) is 1. The average molecular weight is 276 g/mol. The molecule has 0 bridgehead atoms. The number of rotatable bonds is 5. The van der Waals surface area contributed by atoms with E-state index in [1.165, 1.54) is 0 Å².